The summed E-state index contributed by atoms with van der Waals surface area (Å²) < 4.78 is 0. The van der Waals surface area contributed by atoms with Crippen molar-refractivity contribution in [3.05, 3.63) is 16.2 Å². The molecular weight excluding hydrogens is 290 g/mol. The molecule has 110 valence electrons. The molecule has 1 N–H and O–H groups in total. The van der Waals surface area contributed by atoms with Crippen LogP contribution in [0.5, 0.6) is 0 Å². The van der Waals surface area contributed by atoms with Crippen LogP contribution in [0, 0.1) is 5.92 Å². The normalized spacial score (nSPS) is 13.1. The Hall–Kier alpha value is -0.870. The summed E-state index contributed by atoms with van der Waals surface area (Å²) in [5.41, 5.74) is 0. The maximum absolute atomic E-state index is 6.03. The standard InChI is InChI=1S/C15H22ClN3S/c1-5-11-8-12-13(17-10(4)7-6-9(2)3)18-15(16)19-14(12)20-11/h8-10H,5-7H2,1-4H3,(H,17,18,19). The van der Waals surface area contributed by atoms with Crippen molar-refractivity contribution in [1.29, 1.82) is 0 Å². The minimum absolute atomic E-state index is 0.320. The lowest BCUT2D eigenvalue weighted by atomic mass is 10.0. The second kappa shape index (κ2) is 6.72. The molecule has 0 aliphatic carbocycles. The SMILES string of the molecule is CCc1cc2c(NC(C)CCC(C)C)nc(Cl)nc2s1. The molecule has 0 amide bonds. The van der Waals surface area contributed by atoms with Crippen LogP contribution in [-0.4, -0.2) is 16.0 Å². The summed E-state index contributed by atoms with van der Waals surface area (Å²) in [6.45, 7) is 8.84. The van der Waals surface area contributed by atoms with Gasteiger partial charge < -0.3 is 5.32 Å². The molecule has 0 bridgehead atoms. The second-order valence-corrected chi connectivity index (χ2v) is 7.10. The number of nitrogens with zero attached hydrogens (tertiary/aromatic N) is 2. The summed E-state index contributed by atoms with van der Waals surface area (Å²) in [5.74, 6) is 1.59. The molecule has 0 aliphatic rings. The number of fused-ring (bicyclic) bond motifs is 1. The van der Waals surface area contributed by atoms with Crippen LogP contribution < -0.4 is 5.32 Å². The van der Waals surface area contributed by atoms with E-state index in [0.717, 1.165) is 34.8 Å². The van der Waals surface area contributed by atoms with E-state index < -0.39 is 0 Å². The predicted octanol–water partition coefficient (Wildman–Crippen LogP) is 5.14. The third-order valence-corrected chi connectivity index (χ3v) is 4.67. The topological polar surface area (TPSA) is 37.8 Å². The van der Waals surface area contributed by atoms with Crippen LogP contribution in [0.25, 0.3) is 10.2 Å². The van der Waals surface area contributed by atoms with Gasteiger partial charge in [-0.15, -0.1) is 11.3 Å². The fourth-order valence-electron chi connectivity index (χ4n) is 2.12. The Balaban J connectivity index is 2.21. The molecule has 2 rings (SSSR count). The minimum Gasteiger partial charge on any atom is -0.367 e. The van der Waals surface area contributed by atoms with Gasteiger partial charge in [-0.25, -0.2) is 9.97 Å². The third kappa shape index (κ3) is 3.83. The molecule has 0 aliphatic heterocycles. The maximum atomic E-state index is 6.03. The second-order valence-electron chi connectivity index (χ2n) is 5.64. The monoisotopic (exact) mass is 311 g/mol. The lowest BCUT2D eigenvalue weighted by Crippen LogP contribution is -2.17. The van der Waals surface area contributed by atoms with Crippen LogP contribution in [0.3, 0.4) is 0 Å². The van der Waals surface area contributed by atoms with Crippen LogP contribution in [0.1, 0.15) is 45.4 Å². The van der Waals surface area contributed by atoms with Gasteiger partial charge >= 0.3 is 0 Å². The summed E-state index contributed by atoms with van der Waals surface area (Å²) in [7, 11) is 0. The predicted molar refractivity (Wildman–Crippen MR) is 89.0 cm³/mol. The van der Waals surface area contributed by atoms with E-state index in [-0.39, 0.29) is 0 Å². The Bertz CT molecular complexity index is 580. The average Bonchev–Trinajstić information content (AvgIpc) is 2.79. The number of anilines is 1. The van der Waals surface area contributed by atoms with E-state index in [1.807, 2.05) is 0 Å². The number of aromatic nitrogens is 2. The zero-order valence-corrected chi connectivity index (χ0v) is 14.1. The molecule has 20 heavy (non-hydrogen) atoms. The van der Waals surface area contributed by atoms with Crippen molar-refractivity contribution in [1.82, 2.24) is 9.97 Å². The third-order valence-electron chi connectivity index (χ3n) is 3.33. The van der Waals surface area contributed by atoms with E-state index >= 15 is 0 Å². The highest BCUT2D eigenvalue weighted by molar-refractivity contribution is 7.18. The molecule has 0 fully saturated rings. The minimum atomic E-state index is 0.320. The van der Waals surface area contributed by atoms with Crippen LogP contribution in [-0.2, 0) is 6.42 Å². The van der Waals surface area contributed by atoms with Gasteiger partial charge in [0.25, 0.3) is 0 Å². The van der Waals surface area contributed by atoms with Gasteiger partial charge in [0, 0.05) is 10.9 Å². The Morgan fingerprint density at radius 3 is 2.65 bits per heavy atom. The van der Waals surface area contributed by atoms with Crippen molar-refractivity contribution < 1.29 is 0 Å². The van der Waals surface area contributed by atoms with E-state index in [0.29, 0.717) is 11.3 Å². The molecule has 0 saturated heterocycles. The number of nitrogens with one attached hydrogen (secondary N) is 1. The summed E-state index contributed by atoms with van der Waals surface area (Å²) in [6, 6.07) is 2.56. The number of aryl methyl sites for hydroxylation is 1. The van der Waals surface area contributed by atoms with Crippen molar-refractivity contribution in [3.8, 4) is 0 Å². The molecule has 0 radical (unpaired) electrons. The molecule has 0 spiro atoms. The maximum Gasteiger partial charge on any atom is 0.225 e. The first kappa shape index (κ1) is 15.5. The van der Waals surface area contributed by atoms with Crippen molar-refractivity contribution in [2.45, 2.75) is 53.0 Å². The zero-order valence-electron chi connectivity index (χ0n) is 12.5. The molecule has 2 aromatic heterocycles. The summed E-state index contributed by atoms with van der Waals surface area (Å²) in [4.78, 5) is 11.0. The van der Waals surface area contributed by atoms with Crippen molar-refractivity contribution in [2.24, 2.45) is 5.92 Å². The van der Waals surface area contributed by atoms with Gasteiger partial charge in [0.15, 0.2) is 0 Å². The van der Waals surface area contributed by atoms with E-state index in [1.165, 1.54) is 11.3 Å². The lowest BCUT2D eigenvalue weighted by Gasteiger charge is -2.16. The highest BCUT2D eigenvalue weighted by atomic mass is 35.5. The van der Waals surface area contributed by atoms with Crippen LogP contribution in [0.2, 0.25) is 5.28 Å². The quantitative estimate of drug-likeness (QED) is 0.750. The molecular formula is C15H22ClN3S. The number of hydrogen-bond acceptors (Lipinski definition) is 4. The van der Waals surface area contributed by atoms with Crippen LogP contribution in [0.4, 0.5) is 5.82 Å². The highest BCUT2D eigenvalue weighted by Gasteiger charge is 2.12. The fourth-order valence-corrected chi connectivity index (χ4v) is 3.30. The molecule has 5 heteroatoms. The first-order chi connectivity index (χ1) is 9.49. The Morgan fingerprint density at radius 1 is 1.25 bits per heavy atom. The fraction of sp³-hybridized carbons (Fsp3) is 0.600. The Labute approximate surface area is 129 Å². The van der Waals surface area contributed by atoms with E-state index in [1.54, 1.807) is 11.3 Å². The number of thiophene rings is 1. The summed E-state index contributed by atoms with van der Waals surface area (Å²) >= 11 is 7.73. The smallest absolute Gasteiger partial charge is 0.225 e. The number of hydrogen-bond donors (Lipinski definition) is 1. The molecule has 1 atom stereocenters. The zero-order chi connectivity index (χ0) is 14.7. The van der Waals surface area contributed by atoms with Crippen molar-refractivity contribution in [2.75, 3.05) is 5.32 Å². The average molecular weight is 312 g/mol. The Kier molecular flexibility index (Phi) is 5.22. The van der Waals surface area contributed by atoms with Gasteiger partial charge in [-0.05, 0) is 49.8 Å². The summed E-state index contributed by atoms with van der Waals surface area (Å²) in [6.07, 6.45) is 3.35. The largest absolute Gasteiger partial charge is 0.367 e. The first-order valence-corrected chi connectivity index (χ1v) is 8.41. The Morgan fingerprint density at radius 2 is 2.00 bits per heavy atom. The molecule has 2 heterocycles. The molecule has 2 aromatic rings. The van der Waals surface area contributed by atoms with Gasteiger partial charge in [-0.1, -0.05) is 20.8 Å². The van der Waals surface area contributed by atoms with E-state index in [2.05, 4.69) is 49.0 Å². The van der Waals surface area contributed by atoms with Gasteiger partial charge in [-0.2, -0.15) is 0 Å². The van der Waals surface area contributed by atoms with E-state index in [9.17, 15) is 0 Å². The molecule has 3 nitrogen and oxygen atoms in total. The van der Waals surface area contributed by atoms with Crippen LogP contribution >= 0.6 is 22.9 Å². The first-order valence-electron chi connectivity index (χ1n) is 7.22. The van der Waals surface area contributed by atoms with Crippen LogP contribution in [0.15, 0.2) is 6.07 Å². The molecule has 0 saturated carbocycles. The van der Waals surface area contributed by atoms with E-state index in [4.69, 9.17) is 11.6 Å². The van der Waals surface area contributed by atoms with Gasteiger partial charge in [0.05, 0.1) is 5.39 Å². The summed E-state index contributed by atoms with van der Waals surface area (Å²) in [5, 5.41) is 4.90. The van der Waals surface area contributed by atoms with Crippen molar-refractivity contribution >= 4 is 39.0 Å². The van der Waals surface area contributed by atoms with Gasteiger partial charge in [0.1, 0.15) is 10.6 Å². The van der Waals surface area contributed by atoms with Gasteiger partial charge in [-0.3, -0.25) is 0 Å². The number of halogens is 1. The number of rotatable bonds is 6. The molecule has 1 unspecified atom stereocenters. The van der Waals surface area contributed by atoms with Crippen molar-refractivity contribution in [3.63, 3.8) is 0 Å². The molecule has 0 aromatic carbocycles. The highest BCUT2D eigenvalue weighted by Crippen LogP contribution is 2.30. The lowest BCUT2D eigenvalue weighted by molar-refractivity contribution is 0.527. The van der Waals surface area contributed by atoms with Gasteiger partial charge in [0.2, 0.25) is 5.28 Å².